The van der Waals surface area contributed by atoms with Crippen LogP contribution in [0.15, 0.2) is 36.5 Å². The first-order valence-corrected chi connectivity index (χ1v) is 8.69. The number of rotatable bonds is 6. The summed E-state index contributed by atoms with van der Waals surface area (Å²) in [5.74, 6) is -0.907. The number of aromatic nitrogens is 2. The minimum atomic E-state index is -4.86. The van der Waals surface area contributed by atoms with Crippen molar-refractivity contribution in [3.63, 3.8) is 0 Å². The molecule has 0 radical (unpaired) electrons. The first kappa shape index (κ1) is 21.7. The Morgan fingerprint density at radius 3 is 2.43 bits per heavy atom. The van der Waals surface area contributed by atoms with Gasteiger partial charge < -0.3 is 14.8 Å². The van der Waals surface area contributed by atoms with Crippen molar-refractivity contribution in [3.8, 4) is 11.8 Å². The lowest BCUT2D eigenvalue weighted by Crippen LogP contribution is -2.40. The lowest BCUT2D eigenvalue weighted by Gasteiger charge is -2.20. The third-order valence-electron chi connectivity index (χ3n) is 4.02. The van der Waals surface area contributed by atoms with E-state index in [4.69, 9.17) is 9.47 Å². The molecular weight excluding hydrogens is 420 g/mol. The minimum Gasteiger partial charge on any atom is -0.468 e. The molecule has 2 aromatic heterocycles. The fraction of sp³-hybridized carbons (Fsp3) is 0.389. The van der Waals surface area contributed by atoms with Crippen molar-refractivity contribution in [2.45, 2.75) is 37.2 Å². The maximum Gasteiger partial charge on any atom is 0.422 e. The summed E-state index contributed by atoms with van der Waals surface area (Å²) in [5, 5.41) is 1.64. The molecule has 162 valence electrons. The van der Waals surface area contributed by atoms with Gasteiger partial charge in [0, 0.05) is 17.8 Å². The second kappa shape index (κ2) is 8.36. The Hall–Kier alpha value is -3.05. The largest absolute Gasteiger partial charge is 0.468 e. The standard InChI is InChI=1S/C18H15F6N3O3/c19-17(20,21)9-29-15-11(10-4-5-10)6-7-13(26-15)30-16(28)27-14(18(22,23)24)12-3-1-2-8-25-12/h1-3,6-8,10,14H,4-5,9H2,(H,27,28). The van der Waals surface area contributed by atoms with Gasteiger partial charge in [-0.05, 0) is 37.0 Å². The quantitative estimate of drug-likeness (QED) is 0.667. The summed E-state index contributed by atoms with van der Waals surface area (Å²) < 4.78 is 86.6. The zero-order valence-corrected chi connectivity index (χ0v) is 15.1. The van der Waals surface area contributed by atoms with E-state index >= 15 is 0 Å². The zero-order chi connectivity index (χ0) is 21.9. The average molecular weight is 435 g/mol. The Labute approximate surface area is 166 Å². The first-order chi connectivity index (χ1) is 14.0. The summed E-state index contributed by atoms with van der Waals surface area (Å²) in [6.45, 7) is -1.61. The lowest BCUT2D eigenvalue weighted by atomic mass is 10.2. The van der Waals surface area contributed by atoms with Crippen molar-refractivity contribution in [1.82, 2.24) is 15.3 Å². The smallest absolute Gasteiger partial charge is 0.422 e. The maximum atomic E-state index is 13.3. The highest BCUT2D eigenvalue weighted by Gasteiger charge is 2.43. The van der Waals surface area contributed by atoms with Crippen molar-refractivity contribution < 1.29 is 40.6 Å². The van der Waals surface area contributed by atoms with Crippen LogP contribution in [0.5, 0.6) is 11.8 Å². The van der Waals surface area contributed by atoms with Crippen LogP contribution in [0.3, 0.4) is 0 Å². The molecule has 1 amide bonds. The number of amides is 1. The van der Waals surface area contributed by atoms with E-state index in [1.165, 1.54) is 24.3 Å². The number of carbonyl (C=O) groups is 1. The number of alkyl halides is 6. The van der Waals surface area contributed by atoms with Crippen LogP contribution in [0.25, 0.3) is 0 Å². The number of ether oxygens (including phenoxy) is 2. The molecule has 6 nitrogen and oxygen atoms in total. The van der Waals surface area contributed by atoms with Crippen LogP contribution >= 0.6 is 0 Å². The predicted octanol–water partition coefficient (Wildman–Crippen LogP) is 4.69. The van der Waals surface area contributed by atoms with Crippen molar-refractivity contribution in [1.29, 1.82) is 0 Å². The van der Waals surface area contributed by atoms with E-state index in [0.29, 0.717) is 5.56 Å². The van der Waals surface area contributed by atoms with Crippen molar-refractivity contribution >= 4 is 6.09 Å². The van der Waals surface area contributed by atoms with Gasteiger partial charge in [-0.15, -0.1) is 0 Å². The molecule has 2 heterocycles. The van der Waals surface area contributed by atoms with Crippen LogP contribution in [-0.4, -0.2) is 35.0 Å². The van der Waals surface area contributed by atoms with Crippen molar-refractivity contribution in [2.75, 3.05) is 6.61 Å². The molecule has 1 saturated carbocycles. The van der Waals surface area contributed by atoms with Crippen LogP contribution in [0.2, 0.25) is 0 Å². The van der Waals surface area contributed by atoms with E-state index in [-0.39, 0.29) is 11.8 Å². The van der Waals surface area contributed by atoms with Gasteiger partial charge >= 0.3 is 18.4 Å². The third-order valence-corrected chi connectivity index (χ3v) is 4.02. The fourth-order valence-corrected chi connectivity index (χ4v) is 2.57. The van der Waals surface area contributed by atoms with Crippen LogP contribution in [0.1, 0.15) is 36.1 Å². The van der Waals surface area contributed by atoms with Crippen LogP contribution < -0.4 is 14.8 Å². The van der Waals surface area contributed by atoms with Gasteiger partial charge in [-0.2, -0.15) is 31.3 Å². The molecule has 3 rings (SSSR count). The molecule has 30 heavy (non-hydrogen) atoms. The van der Waals surface area contributed by atoms with E-state index in [9.17, 15) is 31.1 Å². The molecule has 0 aromatic carbocycles. The Morgan fingerprint density at radius 2 is 1.87 bits per heavy atom. The number of nitrogens with zero attached hydrogens (tertiary/aromatic N) is 2. The van der Waals surface area contributed by atoms with Crippen molar-refractivity contribution in [3.05, 3.63) is 47.8 Å². The van der Waals surface area contributed by atoms with Crippen molar-refractivity contribution in [2.24, 2.45) is 0 Å². The SMILES string of the molecule is O=C(NC(c1ccccn1)C(F)(F)F)Oc1ccc(C2CC2)c(OCC(F)(F)F)n1. The fourth-order valence-electron chi connectivity index (χ4n) is 2.57. The number of carbonyl (C=O) groups excluding carboxylic acids is 1. The van der Waals surface area contributed by atoms with Gasteiger partial charge in [-0.3, -0.25) is 4.98 Å². The van der Waals surface area contributed by atoms with Gasteiger partial charge in [0.15, 0.2) is 12.6 Å². The van der Waals surface area contributed by atoms with Gasteiger partial charge in [0.2, 0.25) is 11.8 Å². The molecule has 1 aliphatic rings. The summed E-state index contributed by atoms with van der Waals surface area (Å²) in [4.78, 5) is 19.3. The van der Waals surface area contributed by atoms with E-state index in [2.05, 4.69) is 9.97 Å². The number of nitrogens with one attached hydrogen (secondary N) is 1. The Balaban J connectivity index is 1.73. The molecular formula is C18H15F6N3O3. The van der Waals surface area contributed by atoms with E-state index in [0.717, 1.165) is 25.1 Å². The second-order valence-corrected chi connectivity index (χ2v) is 6.49. The highest BCUT2D eigenvalue weighted by atomic mass is 19.4. The summed E-state index contributed by atoms with van der Waals surface area (Å²) >= 11 is 0. The van der Waals surface area contributed by atoms with Gasteiger partial charge in [-0.25, -0.2) is 4.79 Å². The summed E-state index contributed by atoms with van der Waals surface area (Å²) in [5.41, 5.74) is -0.0538. The number of hydrogen-bond acceptors (Lipinski definition) is 5. The highest BCUT2D eigenvalue weighted by molar-refractivity contribution is 5.70. The van der Waals surface area contributed by atoms with E-state index < -0.39 is 42.7 Å². The summed E-state index contributed by atoms with van der Waals surface area (Å²) in [7, 11) is 0. The van der Waals surface area contributed by atoms with Gasteiger partial charge in [0.1, 0.15) is 0 Å². The molecule has 0 bridgehead atoms. The summed E-state index contributed by atoms with van der Waals surface area (Å²) in [6, 6.07) is 3.90. The second-order valence-electron chi connectivity index (χ2n) is 6.49. The number of hydrogen-bond donors (Lipinski definition) is 1. The number of halogens is 6. The molecule has 2 aromatic rings. The molecule has 12 heteroatoms. The summed E-state index contributed by atoms with van der Waals surface area (Å²) in [6.07, 6.45) is -8.37. The molecule has 1 atom stereocenters. The maximum absolute atomic E-state index is 13.3. The van der Waals surface area contributed by atoms with Gasteiger partial charge in [0.25, 0.3) is 0 Å². The number of pyridine rings is 2. The van der Waals surface area contributed by atoms with Crippen LogP contribution in [-0.2, 0) is 0 Å². The molecule has 1 fully saturated rings. The molecule has 0 aliphatic heterocycles. The van der Waals surface area contributed by atoms with Crippen LogP contribution in [0.4, 0.5) is 31.1 Å². The Bertz CT molecular complexity index is 885. The van der Waals surface area contributed by atoms with E-state index in [1.807, 2.05) is 0 Å². The lowest BCUT2D eigenvalue weighted by molar-refractivity contribution is -0.156. The Kier molecular flexibility index (Phi) is 6.04. The molecule has 0 saturated heterocycles. The third kappa shape index (κ3) is 5.97. The minimum absolute atomic E-state index is 0.0256. The predicted molar refractivity (Wildman–Crippen MR) is 90.0 cm³/mol. The molecule has 0 spiro atoms. The Morgan fingerprint density at radius 1 is 1.13 bits per heavy atom. The monoisotopic (exact) mass is 435 g/mol. The molecule has 1 aliphatic carbocycles. The molecule has 1 unspecified atom stereocenters. The van der Waals surface area contributed by atoms with Crippen LogP contribution in [0, 0.1) is 0 Å². The normalized spacial score (nSPS) is 15.4. The molecule has 1 N–H and O–H groups in total. The average Bonchev–Trinajstić information content (AvgIpc) is 3.49. The van der Waals surface area contributed by atoms with E-state index in [1.54, 1.807) is 5.32 Å². The topological polar surface area (TPSA) is 73.3 Å². The highest BCUT2D eigenvalue weighted by Crippen LogP contribution is 2.44. The van der Waals surface area contributed by atoms with Gasteiger partial charge in [-0.1, -0.05) is 6.07 Å². The van der Waals surface area contributed by atoms with Gasteiger partial charge in [0.05, 0.1) is 5.69 Å². The first-order valence-electron chi connectivity index (χ1n) is 8.69. The zero-order valence-electron chi connectivity index (χ0n) is 15.1.